The van der Waals surface area contributed by atoms with Crippen LogP contribution in [-0.2, 0) is 6.42 Å². The summed E-state index contributed by atoms with van der Waals surface area (Å²) in [5, 5.41) is 0.627. The van der Waals surface area contributed by atoms with Crippen LogP contribution in [0.15, 0.2) is 42.5 Å². The summed E-state index contributed by atoms with van der Waals surface area (Å²) >= 11 is 5.91. The molecule has 0 N–H and O–H groups in total. The molecule has 0 bridgehead atoms. The van der Waals surface area contributed by atoms with Crippen LogP contribution in [0.1, 0.15) is 15.9 Å². The monoisotopic (exact) mass is 290 g/mol. The molecule has 0 aliphatic carbocycles. The number of carbonyl (C=O) groups is 1. The maximum absolute atomic E-state index is 12.3. The first-order chi connectivity index (χ1) is 9.63. The molecule has 0 unspecified atom stereocenters. The van der Waals surface area contributed by atoms with Gasteiger partial charge in [-0.2, -0.15) is 0 Å². The average molecular weight is 291 g/mol. The molecule has 0 saturated heterocycles. The molecule has 2 aromatic carbocycles. The van der Waals surface area contributed by atoms with E-state index in [1.165, 1.54) is 0 Å². The largest absolute Gasteiger partial charge is 0.493 e. The summed E-state index contributed by atoms with van der Waals surface area (Å²) < 4.78 is 10.3. The fourth-order valence-corrected chi connectivity index (χ4v) is 2.16. The Hall–Kier alpha value is -2.00. The van der Waals surface area contributed by atoms with Gasteiger partial charge in [0.15, 0.2) is 17.3 Å². The number of rotatable bonds is 5. The maximum Gasteiger partial charge on any atom is 0.167 e. The third-order valence-corrected chi connectivity index (χ3v) is 3.19. The Morgan fingerprint density at radius 2 is 1.80 bits per heavy atom. The van der Waals surface area contributed by atoms with Crippen LogP contribution in [0.3, 0.4) is 0 Å². The molecule has 0 aliphatic rings. The second-order valence-electron chi connectivity index (χ2n) is 4.30. The van der Waals surface area contributed by atoms with Crippen molar-refractivity contribution in [1.82, 2.24) is 0 Å². The average Bonchev–Trinajstić information content (AvgIpc) is 2.46. The Kier molecular flexibility index (Phi) is 4.64. The van der Waals surface area contributed by atoms with E-state index in [1.54, 1.807) is 44.6 Å². The molecule has 0 atom stereocenters. The highest BCUT2D eigenvalue weighted by atomic mass is 35.5. The summed E-state index contributed by atoms with van der Waals surface area (Å²) in [4.78, 5) is 12.3. The van der Waals surface area contributed by atoms with Crippen molar-refractivity contribution in [1.29, 1.82) is 0 Å². The highest BCUT2D eigenvalue weighted by Crippen LogP contribution is 2.28. The number of Topliss-reactive ketones (excluding diaryl/α,β-unsaturated/α-hetero) is 1. The summed E-state index contributed by atoms with van der Waals surface area (Å²) in [6.07, 6.45) is 0.302. The van der Waals surface area contributed by atoms with Gasteiger partial charge >= 0.3 is 0 Å². The minimum absolute atomic E-state index is 0.00761. The van der Waals surface area contributed by atoms with Crippen LogP contribution in [0.2, 0.25) is 5.02 Å². The summed E-state index contributed by atoms with van der Waals surface area (Å²) in [5.74, 6) is 1.16. The van der Waals surface area contributed by atoms with E-state index in [2.05, 4.69) is 0 Å². The van der Waals surface area contributed by atoms with Gasteiger partial charge in [0, 0.05) is 17.0 Å². The van der Waals surface area contributed by atoms with Crippen molar-refractivity contribution in [2.45, 2.75) is 6.42 Å². The van der Waals surface area contributed by atoms with E-state index in [1.807, 2.05) is 12.1 Å². The lowest BCUT2D eigenvalue weighted by atomic mass is 10.0. The molecule has 4 heteroatoms. The highest BCUT2D eigenvalue weighted by Gasteiger charge is 2.11. The van der Waals surface area contributed by atoms with Crippen LogP contribution in [0.5, 0.6) is 11.5 Å². The molecule has 2 aromatic rings. The number of methoxy groups -OCH3 is 2. The number of ether oxygens (including phenoxy) is 2. The minimum atomic E-state index is 0.00761. The lowest BCUT2D eigenvalue weighted by Crippen LogP contribution is -2.04. The number of carbonyl (C=O) groups excluding carboxylic acids is 1. The number of hydrogen-bond acceptors (Lipinski definition) is 3. The normalized spacial score (nSPS) is 10.2. The lowest BCUT2D eigenvalue weighted by molar-refractivity contribution is 0.0992. The quantitative estimate of drug-likeness (QED) is 0.786. The second-order valence-corrected chi connectivity index (χ2v) is 4.74. The molecular weight excluding hydrogens is 276 g/mol. The Labute approximate surface area is 123 Å². The highest BCUT2D eigenvalue weighted by molar-refractivity contribution is 6.30. The fourth-order valence-electron chi connectivity index (χ4n) is 1.94. The third kappa shape index (κ3) is 3.31. The molecule has 104 valence electrons. The van der Waals surface area contributed by atoms with Gasteiger partial charge in [-0.1, -0.05) is 23.7 Å². The molecule has 0 fully saturated rings. The van der Waals surface area contributed by atoms with Crippen molar-refractivity contribution >= 4 is 17.4 Å². The molecule has 0 aromatic heterocycles. The van der Waals surface area contributed by atoms with Crippen molar-refractivity contribution in [3.8, 4) is 11.5 Å². The second kappa shape index (κ2) is 6.44. The standard InChI is InChI=1S/C16H15ClO3/c1-19-15-7-6-12(10-16(15)20-2)14(18)9-11-4-3-5-13(17)8-11/h3-8,10H,9H2,1-2H3. The molecule has 20 heavy (non-hydrogen) atoms. The fraction of sp³-hybridized carbons (Fsp3) is 0.188. The Balaban J connectivity index is 2.21. The van der Waals surface area contributed by atoms with E-state index in [-0.39, 0.29) is 5.78 Å². The van der Waals surface area contributed by atoms with Crippen molar-refractivity contribution < 1.29 is 14.3 Å². The van der Waals surface area contributed by atoms with E-state index < -0.39 is 0 Å². The maximum atomic E-state index is 12.3. The van der Waals surface area contributed by atoms with E-state index in [9.17, 15) is 4.79 Å². The number of hydrogen-bond donors (Lipinski definition) is 0. The molecular formula is C16H15ClO3. The van der Waals surface area contributed by atoms with Gasteiger partial charge in [0.2, 0.25) is 0 Å². The zero-order valence-corrected chi connectivity index (χ0v) is 12.1. The van der Waals surface area contributed by atoms with Crippen LogP contribution in [-0.4, -0.2) is 20.0 Å². The predicted octanol–water partition coefficient (Wildman–Crippen LogP) is 3.78. The molecule has 0 spiro atoms. The summed E-state index contributed by atoms with van der Waals surface area (Å²) in [6.45, 7) is 0. The summed E-state index contributed by atoms with van der Waals surface area (Å²) in [7, 11) is 3.11. The molecule has 3 nitrogen and oxygen atoms in total. The van der Waals surface area contributed by atoms with Crippen LogP contribution < -0.4 is 9.47 Å². The van der Waals surface area contributed by atoms with Gasteiger partial charge in [-0.15, -0.1) is 0 Å². The molecule has 0 amide bonds. The van der Waals surface area contributed by atoms with Gasteiger partial charge in [0.1, 0.15) is 0 Å². The summed E-state index contributed by atoms with van der Waals surface area (Å²) in [6, 6.07) is 12.4. The molecule has 0 aliphatic heterocycles. The number of benzene rings is 2. The van der Waals surface area contributed by atoms with Gasteiger partial charge in [0.05, 0.1) is 14.2 Å². The van der Waals surface area contributed by atoms with Gasteiger partial charge in [0.25, 0.3) is 0 Å². The van der Waals surface area contributed by atoms with E-state index in [0.29, 0.717) is 28.5 Å². The van der Waals surface area contributed by atoms with Crippen LogP contribution in [0.4, 0.5) is 0 Å². The van der Waals surface area contributed by atoms with Gasteiger partial charge < -0.3 is 9.47 Å². The predicted molar refractivity (Wildman–Crippen MR) is 79.0 cm³/mol. The van der Waals surface area contributed by atoms with Crippen LogP contribution in [0.25, 0.3) is 0 Å². The van der Waals surface area contributed by atoms with Crippen molar-refractivity contribution in [3.05, 3.63) is 58.6 Å². The topological polar surface area (TPSA) is 35.5 Å². The first-order valence-corrected chi connectivity index (χ1v) is 6.51. The SMILES string of the molecule is COc1ccc(C(=O)Cc2cccc(Cl)c2)cc1OC. The Morgan fingerprint density at radius 3 is 2.45 bits per heavy atom. The number of ketones is 1. The van der Waals surface area contributed by atoms with Gasteiger partial charge in [-0.25, -0.2) is 0 Å². The van der Waals surface area contributed by atoms with Crippen LogP contribution >= 0.6 is 11.6 Å². The van der Waals surface area contributed by atoms with Crippen molar-refractivity contribution in [3.63, 3.8) is 0 Å². The summed E-state index contributed by atoms with van der Waals surface area (Å²) in [5.41, 5.74) is 1.47. The first kappa shape index (κ1) is 14.4. The van der Waals surface area contributed by atoms with Crippen molar-refractivity contribution in [2.75, 3.05) is 14.2 Å². The molecule has 0 saturated carbocycles. The zero-order valence-electron chi connectivity index (χ0n) is 11.4. The van der Waals surface area contributed by atoms with Gasteiger partial charge in [-0.05, 0) is 35.9 Å². The third-order valence-electron chi connectivity index (χ3n) is 2.96. The zero-order chi connectivity index (χ0) is 14.5. The van der Waals surface area contributed by atoms with E-state index in [0.717, 1.165) is 5.56 Å². The van der Waals surface area contributed by atoms with E-state index >= 15 is 0 Å². The first-order valence-electron chi connectivity index (χ1n) is 6.13. The minimum Gasteiger partial charge on any atom is -0.493 e. The van der Waals surface area contributed by atoms with Gasteiger partial charge in [-0.3, -0.25) is 4.79 Å². The number of halogens is 1. The molecule has 0 radical (unpaired) electrons. The molecule has 0 heterocycles. The van der Waals surface area contributed by atoms with Crippen LogP contribution in [0, 0.1) is 0 Å². The lowest BCUT2D eigenvalue weighted by Gasteiger charge is -2.09. The van der Waals surface area contributed by atoms with E-state index in [4.69, 9.17) is 21.1 Å². The Morgan fingerprint density at radius 1 is 1.05 bits per heavy atom. The van der Waals surface area contributed by atoms with Crippen molar-refractivity contribution in [2.24, 2.45) is 0 Å². The molecule has 2 rings (SSSR count). The Bertz CT molecular complexity index is 623. The smallest absolute Gasteiger partial charge is 0.167 e.